The van der Waals surface area contributed by atoms with E-state index in [1.54, 1.807) is 0 Å². The van der Waals surface area contributed by atoms with E-state index in [-0.39, 0.29) is 6.10 Å². The Morgan fingerprint density at radius 1 is 1.33 bits per heavy atom. The first kappa shape index (κ1) is 10.7. The SMILES string of the molecule is C[C@H](CCN1CC(O)C1)c1ccccc1. The molecule has 1 heterocycles. The zero-order valence-corrected chi connectivity index (χ0v) is 9.26. The molecule has 0 aliphatic carbocycles. The standard InChI is InChI=1S/C13H19NO/c1-11(12-5-3-2-4-6-12)7-8-14-9-13(15)10-14/h2-6,11,13,15H,7-10H2,1H3/t11-/m1/s1. The largest absolute Gasteiger partial charge is 0.390 e. The lowest BCUT2D eigenvalue weighted by Crippen LogP contribution is -2.50. The van der Waals surface area contributed by atoms with Crippen LogP contribution in [0.5, 0.6) is 0 Å². The number of aliphatic hydroxyl groups excluding tert-OH is 1. The molecule has 82 valence electrons. The van der Waals surface area contributed by atoms with Crippen molar-refractivity contribution >= 4 is 0 Å². The van der Waals surface area contributed by atoms with E-state index in [1.807, 2.05) is 0 Å². The molecule has 1 aliphatic rings. The zero-order chi connectivity index (χ0) is 10.7. The fourth-order valence-corrected chi connectivity index (χ4v) is 2.05. The van der Waals surface area contributed by atoms with Crippen LogP contribution in [0.2, 0.25) is 0 Å². The molecule has 0 amide bonds. The normalized spacial score (nSPS) is 19.9. The van der Waals surface area contributed by atoms with Crippen LogP contribution in [-0.2, 0) is 0 Å². The second-order valence-corrected chi connectivity index (χ2v) is 4.51. The van der Waals surface area contributed by atoms with Gasteiger partial charge in [-0.1, -0.05) is 37.3 Å². The Bertz CT molecular complexity index is 293. The van der Waals surface area contributed by atoms with Gasteiger partial charge in [-0.2, -0.15) is 0 Å². The number of aliphatic hydroxyl groups is 1. The maximum atomic E-state index is 9.16. The molecule has 0 radical (unpaired) electrons. The summed E-state index contributed by atoms with van der Waals surface area (Å²) in [6.07, 6.45) is 1.11. The van der Waals surface area contributed by atoms with E-state index in [9.17, 15) is 0 Å². The molecule has 0 spiro atoms. The lowest BCUT2D eigenvalue weighted by molar-refractivity contribution is 0.00100. The summed E-state index contributed by atoms with van der Waals surface area (Å²) in [5.41, 5.74) is 1.42. The van der Waals surface area contributed by atoms with E-state index in [0.29, 0.717) is 5.92 Å². The number of β-amino-alcohol motifs (C(OH)–C–C–N with tert-alkyl or cyclic N) is 1. The number of hydrogen-bond acceptors (Lipinski definition) is 2. The molecule has 1 aliphatic heterocycles. The quantitative estimate of drug-likeness (QED) is 0.811. The number of benzene rings is 1. The van der Waals surface area contributed by atoms with Crippen LogP contribution in [0.3, 0.4) is 0 Å². The predicted molar refractivity (Wildman–Crippen MR) is 61.9 cm³/mol. The van der Waals surface area contributed by atoms with Crippen LogP contribution < -0.4 is 0 Å². The summed E-state index contributed by atoms with van der Waals surface area (Å²) in [5.74, 6) is 0.615. The van der Waals surface area contributed by atoms with Gasteiger partial charge in [0.05, 0.1) is 6.10 Å². The van der Waals surface area contributed by atoms with Crippen molar-refractivity contribution in [2.24, 2.45) is 0 Å². The first-order valence-corrected chi connectivity index (χ1v) is 5.71. The summed E-state index contributed by atoms with van der Waals surface area (Å²) in [4.78, 5) is 2.31. The van der Waals surface area contributed by atoms with E-state index in [2.05, 4.69) is 42.2 Å². The molecule has 15 heavy (non-hydrogen) atoms. The van der Waals surface area contributed by atoms with Crippen LogP contribution in [0.1, 0.15) is 24.8 Å². The van der Waals surface area contributed by atoms with Crippen molar-refractivity contribution < 1.29 is 5.11 Å². The minimum absolute atomic E-state index is 0.0722. The topological polar surface area (TPSA) is 23.5 Å². The fourth-order valence-electron chi connectivity index (χ4n) is 2.05. The number of rotatable bonds is 4. The molecule has 0 saturated carbocycles. The number of likely N-dealkylation sites (tertiary alicyclic amines) is 1. The molecule has 0 unspecified atom stereocenters. The van der Waals surface area contributed by atoms with Crippen molar-refractivity contribution in [1.29, 1.82) is 0 Å². The van der Waals surface area contributed by atoms with Gasteiger partial charge in [-0.05, 0) is 24.4 Å². The molecule has 0 bridgehead atoms. The average molecular weight is 205 g/mol. The van der Waals surface area contributed by atoms with E-state index in [4.69, 9.17) is 5.11 Å². The summed E-state index contributed by atoms with van der Waals surface area (Å²) in [7, 11) is 0. The highest BCUT2D eigenvalue weighted by Gasteiger charge is 2.23. The third kappa shape index (κ3) is 2.80. The Labute approximate surface area is 91.5 Å². The summed E-state index contributed by atoms with van der Waals surface area (Å²) < 4.78 is 0. The van der Waals surface area contributed by atoms with Crippen LogP contribution in [0, 0.1) is 0 Å². The molecule has 1 atom stereocenters. The highest BCUT2D eigenvalue weighted by Crippen LogP contribution is 2.20. The average Bonchev–Trinajstić information content (AvgIpc) is 2.23. The van der Waals surface area contributed by atoms with E-state index >= 15 is 0 Å². The lowest BCUT2D eigenvalue weighted by atomic mass is 9.97. The predicted octanol–water partition coefficient (Wildman–Crippen LogP) is 1.86. The monoisotopic (exact) mass is 205 g/mol. The summed E-state index contributed by atoms with van der Waals surface area (Å²) >= 11 is 0. The third-order valence-corrected chi connectivity index (χ3v) is 3.18. The van der Waals surface area contributed by atoms with Gasteiger partial charge in [-0.3, -0.25) is 4.90 Å². The van der Waals surface area contributed by atoms with E-state index in [0.717, 1.165) is 19.6 Å². The molecule has 2 nitrogen and oxygen atoms in total. The highest BCUT2D eigenvalue weighted by atomic mass is 16.3. The Balaban J connectivity index is 1.75. The molecule has 2 heteroatoms. The molecule has 1 N–H and O–H groups in total. The van der Waals surface area contributed by atoms with Crippen LogP contribution in [0.15, 0.2) is 30.3 Å². The maximum absolute atomic E-state index is 9.16. The van der Waals surface area contributed by atoms with Crippen molar-refractivity contribution in [2.45, 2.75) is 25.4 Å². The van der Waals surface area contributed by atoms with Gasteiger partial charge in [0, 0.05) is 13.1 Å². The summed E-state index contributed by atoms with van der Waals surface area (Å²) in [6.45, 7) is 5.10. The molecule has 1 aromatic carbocycles. The minimum atomic E-state index is -0.0722. The Morgan fingerprint density at radius 2 is 2.00 bits per heavy atom. The summed E-state index contributed by atoms with van der Waals surface area (Å²) in [6, 6.07) is 10.6. The van der Waals surface area contributed by atoms with E-state index in [1.165, 1.54) is 12.0 Å². The van der Waals surface area contributed by atoms with Gasteiger partial charge in [0.15, 0.2) is 0 Å². The first-order valence-electron chi connectivity index (χ1n) is 5.71. The minimum Gasteiger partial charge on any atom is -0.390 e. The fraction of sp³-hybridized carbons (Fsp3) is 0.538. The van der Waals surface area contributed by atoms with E-state index < -0.39 is 0 Å². The van der Waals surface area contributed by atoms with Crippen LogP contribution in [0.25, 0.3) is 0 Å². The van der Waals surface area contributed by atoms with Crippen LogP contribution >= 0.6 is 0 Å². The van der Waals surface area contributed by atoms with Gasteiger partial charge >= 0.3 is 0 Å². The molecule has 2 rings (SSSR count). The summed E-state index contributed by atoms with van der Waals surface area (Å²) in [5, 5.41) is 9.16. The molecular weight excluding hydrogens is 186 g/mol. The van der Waals surface area contributed by atoms with Crippen LogP contribution in [-0.4, -0.2) is 35.7 Å². The van der Waals surface area contributed by atoms with Gasteiger partial charge in [-0.15, -0.1) is 0 Å². The molecule has 1 fully saturated rings. The Hall–Kier alpha value is -0.860. The lowest BCUT2D eigenvalue weighted by Gasteiger charge is -2.36. The number of hydrogen-bond donors (Lipinski definition) is 1. The van der Waals surface area contributed by atoms with Crippen LogP contribution in [0.4, 0.5) is 0 Å². The van der Waals surface area contributed by atoms with Gasteiger partial charge in [0.2, 0.25) is 0 Å². The van der Waals surface area contributed by atoms with Crippen molar-refractivity contribution in [3.05, 3.63) is 35.9 Å². The van der Waals surface area contributed by atoms with Gasteiger partial charge in [-0.25, -0.2) is 0 Å². The van der Waals surface area contributed by atoms with Gasteiger partial charge < -0.3 is 5.11 Å². The first-order chi connectivity index (χ1) is 7.25. The van der Waals surface area contributed by atoms with Gasteiger partial charge in [0.25, 0.3) is 0 Å². The van der Waals surface area contributed by atoms with Crippen molar-refractivity contribution in [3.8, 4) is 0 Å². The molecule has 0 aromatic heterocycles. The number of nitrogens with zero attached hydrogens (tertiary/aromatic N) is 1. The Morgan fingerprint density at radius 3 is 2.60 bits per heavy atom. The van der Waals surface area contributed by atoms with Crippen molar-refractivity contribution in [1.82, 2.24) is 4.90 Å². The Kier molecular flexibility index (Phi) is 3.39. The molecular formula is C13H19NO. The maximum Gasteiger partial charge on any atom is 0.0793 e. The van der Waals surface area contributed by atoms with Gasteiger partial charge in [0.1, 0.15) is 0 Å². The smallest absolute Gasteiger partial charge is 0.0793 e. The molecule has 1 aromatic rings. The second-order valence-electron chi connectivity index (χ2n) is 4.51. The van der Waals surface area contributed by atoms with Crippen molar-refractivity contribution in [2.75, 3.05) is 19.6 Å². The molecule has 1 saturated heterocycles. The highest BCUT2D eigenvalue weighted by molar-refractivity contribution is 5.18. The zero-order valence-electron chi connectivity index (χ0n) is 9.26. The third-order valence-electron chi connectivity index (χ3n) is 3.18. The van der Waals surface area contributed by atoms with Crippen molar-refractivity contribution in [3.63, 3.8) is 0 Å². The second kappa shape index (κ2) is 4.77.